The van der Waals surface area contributed by atoms with E-state index in [-0.39, 0.29) is 5.41 Å². The molecule has 10 aromatic carbocycles. The van der Waals surface area contributed by atoms with E-state index in [1.54, 1.807) is 0 Å². The Morgan fingerprint density at radius 1 is 0.487 bits per heavy atom. The average molecular weight is 1000 g/mol. The first kappa shape index (κ1) is 46.6. The maximum Gasteiger partial charge on any atom is 0.137 e. The Balaban J connectivity index is 0.914. The van der Waals surface area contributed by atoms with E-state index in [2.05, 4.69) is 278 Å². The van der Waals surface area contributed by atoms with Gasteiger partial charge < -0.3 is 14.5 Å². The third kappa shape index (κ3) is 7.50. The van der Waals surface area contributed by atoms with Crippen LogP contribution in [0.3, 0.4) is 0 Å². The molecule has 6 heteroatoms. The standard InChI is InChI=1S/C72H53N5O/c1-71(2,3)52-38-39-74-69(43-52)77-65-31-16-14-29-58(65)59-36-35-56(45-68(59)77)78-55-27-19-26-54(44-55)75-47-76(67-33-18-17-32-66(67)75)70-60(49-20-7-4-8-21-49)41-53(42-61(70)50-22-9-5-10-23-50)72(51-24-11-6-12-25-51)63-30-15-13-28-57(63)62-40-48(46-73)34-37-64(62)72/h4-45H,47H2,1-3H3. The van der Waals surface area contributed by atoms with Crippen LogP contribution in [0, 0.1) is 11.3 Å². The van der Waals surface area contributed by atoms with Crippen LogP contribution in [0.25, 0.3) is 61.0 Å². The Hall–Kier alpha value is -9.96. The summed E-state index contributed by atoms with van der Waals surface area (Å²) >= 11 is 0. The quantitative estimate of drug-likeness (QED) is 0.144. The van der Waals surface area contributed by atoms with Crippen LogP contribution in [0.1, 0.15) is 54.2 Å². The van der Waals surface area contributed by atoms with Crippen molar-refractivity contribution in [1.82, 2.24) is 9.55 Å². The van der Waals surface area contributed by atoms with E-state index in [0.717, 1.165) is 107 Å². The van der Waals surface area contributed by atoms with Gasteiger partial charge in [0.05, 0.1) is 45.1 Å². The lowest BCUT2D eigenvalue weighted by Crippen LogP contribution is -2.29. The van der Waals surface area contributed by atoms with Crippen molar-refractivity contribution in [2.75, 3.05) is 16.5 Å². The van der Waals surface area contributed by atoms with Crippen molar-refractivity contribution >= 4 is 44.6 Å². The molecule has 78 heavy (non-hydrogen) atoms. The molecule has 0 amide bonds. The van der Waals surface area contributed by atoms with Crippen LogP contribution >= 0.6 is 0 Å². The number of pyridine rings is 1. The number of benzene rings is 10. The lowest BCUT2D eigenvalue weighted by molar-refractivity contribution is 0.483. The fourth-order valence-corrected chi connectivity index (χ4v) is 12.4. The molecule has 0 spiro atoms. The van der Waals surface area contributed by atoms with Gasteiger partial charge in [0.15, 0.2) is 0 Å². The average Bonchev–Trinajstić information content (AvgIpc) is 3.59. The first-order valence-corrected chi connectivity index (χ1v) is 26.7. The number of anilines is 4. The third-order valence-electron chi connectivity index (χ3n) is 16.0. The first-order chi connectivity index (χ1) is 38.3. The van der Waals surface area contributed by atoms with Crippen LogP contribution in [-0.2, 0) is 10.8 Å². The molecule has 2 aliphatic rings. The SMILES string of the molecule is CC(C)(C)c1ccnc(-n2c3ccccc3c3ccc(Oc4cccc(N5CN(c6c(-c7ccccc7)cc(C7(c8ccccc8)c8ccccc8-c8cc(C#N)ccc87)cc6-c6ccccc6)c6ccccc65)c4)cc32)c1. The molecule has 12 aromatic rings. The third-order valence-corrected chi connectivity index (χ3v) is 16.0. The number of fused-ring (bicyclic) bond motifs is 7. The molecular formula is C72H53N5O. The smallest absolute Gasteiger partial charge is 0.137 e. The van der Waals surface area contributed by atoms with Gasteiger partial charge in [-0.3, -0.25) is 4.57 Å². The van der Waals surface area contributed by atoms with Gasteiger partial charge in [0.25, 0.3) is 0 Å². The second kappa shape index (κ2) is 18.4. The van der Waals surface area contributed by atoms with Gasteiger partial charge in [-0.2, -0.15) is 5.26 Å². The minimum Gasteiger partial charge on any atom is -0.457 e. The second-order valence-corrected chi connectivity index (χ2v) is 21.5. The van der Waals surface area contributed by atoms with E-state index in [9.17, 15) is 5.26 Å². The monoisotopic (exact) mass is 1000 g/mol. The van der Waals surface area contributed by atoms with Crippen molar-refractivity contribution in [2.45, 2.75) is 31.6 Å². The number of aromatic nitrogens is 2. The largest absolute Gasteiger partial charge is 0.457 e. The minimum absolute atomic E-state index is 0.0326. The summed E-state index contributed by atoms with van der Waals surface area (Å²) in [5.74, 6) is 2.36. The van der Waals surface area contributed by atoms with Crippen LogP contribution < -0.4 is 14.5 Å². The molecule has 0 radical (unpaired) electrons. The Bertz CT molecular complexity index is 4280. The molecule has 0 saturated heterocycles. The van der Waals surface area contributed by atoms with Crippen molar-refractivity contribution in [3.8, 4) is 56.8 Å². The summed E-state index contributed by atoms with van der Waals surface area (Å²) in [6, 6.07) is 91.4. The summed E-state index contributed by atoms with van der Waals surface area (Å²) < 4.78 is 9.15. The van der Waals surface area contributed by atoms with Crippen molar-refractivity contribution < 1.29 is 4.74 Å². The van der Waals surface area contributed by atoms with Gasteiger partial charge in [-0.05, 0) is 134 Å². The van der Waals surface area contributed by atoms with E-state index in [0.29, 0.717) is 12.2 Å². The van der Waals surface area contributed by atoms with Crippen LogP contribution in [0.5, 0.6) is 11.5 Å². The number of hydrogen-bond acceptors (Lipinski definition) is 5. The zero-order valence-electron chi connectivity index (χ0n) is 43.6. The Morgan fingerprint density at radius 2 is 1.12 bits per heavy atom. The van der Waals surface area contributed by atoms with Crippen LogP contribution in [0.4, 0.5) is 22.7 Å². The van der Waals surface area contributed by atoms with Crippen LogP contribution in [-0.4, -0.2) is 16.2 Å². The summed E-state index contributed by atoms with van der Waals surface area (Å²) in [5.41, 5.74) is 18.9. The maximum atomic E-state index is 10.2. The fourth-order valence-electron chi connectivity index (χ4n) is 12.4. The lowest BCUT2D eigenvalue weighted by atomic mass is 9.66. The van der Waals surface area contributed by atoms with Gasteiger partial charge in [0, 0.05) is 45.9 Å². The molecule has 1 unspecified atom stereocenters. The number of hydrogen-bond donors (Lipinski definition) is 0. The molecule has 0 saturated carbocycles. The van der Waals surface area contributed by atoms with Gasteiger partial charge in [-0.25, -0.2) is 4.98 Å². The van der Waals surface area contributed by atoms with Crippen molar-refractivity contribution in [3.63, 3.8) is 0 Å². The summed E-state index contributed by atoms with van der Waals surface area (Å²) in [6.07, 6.45) is 1.92. The Morgan fingerprint density at radius 3 is 1.85 bits per heavy atom. The van der Waals surface area contributed by atoms with E-state index < -0.39 is 5.41 Å². The number of nitriles is 1. The molecule has 3 heterocycles. The summed E-state index contributed by atoms with van der Waals surface area (Å²) in [6.45, 7) is 7.26. The van der Waals surface area contributed by atoms with E-state index in [4.69, 9.17) is 9.72 Å². The molecule has 0 fully saturated rings. The highest BCUT2D eigenvalue weighted by Crippen LogP contribution is 2.59. The fraction of sp³-hybridized carbons (Fsp3) is 0.0833. The number of rotatable bonds is 9. The highest BCUT2D eigenvalue weighted by Gasteiger charge is 2.47. The van der Waals surface area contributed by atoms with Gasteiger partial charge in [0.2, 0.25) is 0 Å². The Kier molecular flexibility index (Phi) is 11.0. The predicted molar refractivity (Wildman–Crippen MR) is 319 cm³/mol. The second-order valence-electron chi connectivity index (χ2n) is 21.5. The first-order valence-electron chi connectivity index (χ1n) is 26.7. The molecule has 1 atom stereocenters. The normalized spacial score (nSPS) is 14.5. The molecule has 2 aromatic heterocycles. The van der Waals surface area contributed by atoms with E-state index in [1.807, 2.05) is 18.3 Å². The van der Waals surface area contributed by atoms with Crippen molar-refractivity contribution in [3.05, 3.63) is 288 Å². The number of para-hydroxylation sites is 3. The summed E-state index contributed by atoms with van der Waals surface area (Å²) in [7, 11) is 0. The summed E-state index contributed by atoms with van der Waals surface area (Å²) in [5, 5.41) is 12.5. The lowest BCUT2D eigenvalue weighted by Gasteiger charge is -2.36. The van der Waals surface area contributed by atoms with Gasteiger partial charge in [-0.1, -0.05) is 178 Å². The highest BCUT2D eigenvalue weighted by atomic mass is 16.5. The van der Waals surface area contributed by atoms with Gasteiger partial charge >= 0.3 is 0 Å². The minimum atomic E-state index is -0.711. The Labute approximate surface area is 455 Å². The van der Waals surface area contributed by atoms with E-state index >= 15 is 0 Å². The maximum absolute atomic E-state index is 10.2. The number of ether oxygens (including phenoxy) is 1. The molecule has 1 aliphatic carbocycles. The molecule has 1 aliphatic heterocycles. The van der Waals surface area contributed by atoms with Crippen LogP contribution in [0.15, 0.2) is 255 Å². The zero-order valence-corrected chi connectivity index (χ0v) is 43.6. The van der Waals surface area contributed by atoms with Crippen LogP contribution in [0.2, 0.25) is 0 Å². The summed E-state index contributed by atoms with van der Waals surface area (Å²) in [4.78, 5) is 9.82. The molecule has 0 bridgehead atoms. The molecule has 0 N–H and O–H groups in total. The van der Waals surface area contributed by atoms with Crippen molar-refractivity contribution in [2.24, 2.45) is 0 Å². The highest BCUT2D eigenvalue weighted by molar-refractivity contribution is 6.09. The van der Waals surface area contributed by atoms with E-state index in [1.165, 1.54) is 16.5 Å². The molecule has 14 rings (SSSR count). The van der Waals surface area contributed by atoms with Crippen molar-refractivity contribution in [1.29, 1.82) is 5.26 Å². The van der Waals surface area contributed by atoms with Gasteiger partial charge in [-0.15, -0.1) is 0 Å². The predicted octanol–water partition coefficient (Wildman–Crippen LogP) is 18.1. The molecule has 372 valence electrons. The molecular weight excluding hydrogens is 951 g/mol. The topological polar surface area (TPSA) is 57.3 Å². The zero-order chi connectivity index (χ0) is 52.5. The van der Waals surface area contributed by atoms with Gasteiger partial charge in [0.1, 0.15) is 24.0 Å². The number of nitrogens with zero attached hydrogens (tertiary/aromatic N) is 5. The molecule has 6 nitrogen and oxygen atoms in total.